The molecule has 3 nitrogen and oxygen atoms in total. The Bertz CT molecular complexity index is 1090. The molecule has 2 aromatic heterocycles. The van der Waals surface area contributed by atoms with E-state index in [2.05, 4.69) is 74.7 Å². The molecule has 1 aromatic carbocycles. The molecule has 2 heterocycles. The average molecular weight is 585 g/mol. The van der Waals surface area contributed by atoms with Gasteiger partial charge in [-0.25, -0.2) is 0 Å². The van der Waals surface area contributed by atoms with E-state index in [0.717, 1.165) is 11.3 Å². The summed E-state index contributed by atoms with van der Waals surface area (Å²) in [4.78, 5) is 11.8. The van der Waals surface area contributed by atoms with Gasteiger partial charge in [-0.1, -0.05) is 53.7 Å². The Kier molecular flexibility index (Phi) is 5.49. The van der Waals surface area contributed by atoms with Gasteiger partial charge in [-0.2, -0.15) is 18.7 Å². The van der Waals surface area contributed by atoms with E-state index in [0.29, 0.717) is 11.6 Å². The smallest absolute Gasteiger partial charge is 0.219 e. The molecule has 0 amide bonds. The molecule has 6 heteroatoms. The number of rotatable bonds is 2. The van der Waals surface area contributed by atoms with Crippen molar-refractivity contribution in [1.82, 2.24) is 15.0 Å². The summed E-state index contributed by atoms with van der Waals surface area (Å²) in [5, 5.41) is 0. The predicted molar refractivity (Wildman–Crippen MR) is 109 cm³/mol. The molecule has 1 aliphatic carbocycles. The van der Waals surface area contributed by atoms with Crippen LogP contribution in [0.25, 0.3) is 22.6 Å². The molecule has 159 valence electrons. The second-order valence-electron chi connectivity index (χ2n) is 9.32. The van der Waals surface area contributed by atoms with E-state index in [1.807, 2.05) is 0 Å². The maximum atomic E-state index is 13.4. The van der Waals surface area contributed by atoms with Crippen LogP contribution in [0.5, 0.6) is 0 Å². The van der Waals surface area contributed by atoms with Crippen LogP contribution >= 0.6 is 0 Å². The second-order valence-corrected chi connectivity index (χ2v) is 9.32. The van der Waals surface area contributed by atoms with Gasteiger partial charge in [0.05, 0.1) is 0 Å². The molecule has 0 saturated carbocycles. The molecule has 1 aliphatic rings. The van der Waals surface area contributed by atoms with Crippen molar-refractivity contribution >= 4 is 0 Å². The fourth-order valence-electron chi connectivity index (χ4n) is 4.33. The Hall–Kier alpha value is -2.04. The van der Waals surface area contributed by atoms with Crippen LogP contribution in [0, 0.1) is 23.4 Å². The Balaban J connectivity index is 0.00000256. The van der Waals surface area contributed by atoms with E-state index in [-0.39, 0.29) is 42.2 Å². The van der Waals surface area contributed by atoms with E-state index >= 15 is 0 Å². The summed E-state index contributed by atoms with van der Waals surface area (Å²) >= 11 is 0. The first-order chi connectivity index (χ1) is 13.4. The number of nitrogens with zero attached hydrogens (tertiary/aromatic N) is 3. The SMILES string of the molecule is CC1(C)c2c[c-]c(-c3ccc(-c4nc(F)cc(F)n4)cn3)cc2C(C)(C)C1(C)C.[Ir]. The topological polar surface area (TPSA) is 38.7 Å². The van der Waals surface area contributed by atoms with Crippen molar-refractivity contribution in [3.8, 4) is 22.6 Å². The van der Waals surface area contributed by atoms with Gasteiger partial charge in [0.1, 0.15) is 0 Å². The van der Waals surface area contributed by atoms with Gasteiger partial charge in [0.2, 0.25) is 11.9 Å². The Morgan fingerprint density at radius 3 is 2.00 bits per heavy atom. The van der Waals surface area contributed by atoms with Gasteiger partial charge >= 0.3 is 0 Å². The standard InChI is InChI=1S/C24H24F2N3.Ir/c1-22(2)16-9-7-14(11-17(16)23(3,4)24(22,5)6)18-10-8-15(13-27-18)21-28-19(25)12-20(26)29-21;/h8-13H,1-6H3;/q-1;. The molecule has 4 rings (SSSR count). The van der Waals surface area contributed by atoms with Crippen molar-refractivity contribution in [3.63, 3.8) is 0 Å². The molecular weight excluding hydrogens is 560 g/mol. The number of benzene rings is 1. The van der Waals surface area contributed by atoms with Gasteiger partial charge in [-0.3, -0.25) is 0 Å². The van der Waals surface area contributed by atoms with Gasteiger partial charge in [-0.15, -0.1) is 34.9 Å². The van der Waals surface area contributed by atoms with Crippen molar-refractivity contribution in [3.05, 3.63) is 65.6 Å². The van der Waals surface area contributed by atoms with Crippen LogP contribution in [0.1, 0.15) is 52.7 Å². The minimum atomic E-state index is -0.906. The Morgan fingerprint density at radius 2 is 1.43 bits per heavy atom. The summed E-state index contributed by atoms with van der Waals surface area (Å²) in [6, 6.07) is 11.8. The Labute approximate surface area is 189 Å². The van der Waals surface area contributed by atoms with Crippen LogP contribution in [0.4, 0.5) is 8.78 Å². The molecule has 3 aromatic rings. The van der Waals surface area contributed by atoms with Gasteiger partial charge < -0.3 is 4.98 Å². The van der Waals surface area contributed by atoms with Crippen LogP contribution in [0.2, 0.25) is 0 Å². The largest absolute Gasteiger partial charge is 0.304 e. The van der Waals surface area contributed by atoms with Crippen molar-refractivity contribution < 1.29 is 28.9 Å². The molecule has 0 saturated heterocycles. The zero-order chi connectivity index (χ0) is 21.2. The van der Waals surface area contributed by atoms with Crippen molar-refractivity contribution in [2.75, 3.05) is 0 Å². The maximum absolute atomic E-state index is 13.4. The van der Waals surface area contributed by atoms with Crippen LogP contribution in [-0.2, 0) is 30.9 Å². The maximum Gasteiger partial charge on any atom is 0.219 e. The number of hydrogen-bond acceptors (Lipinski definition) is 3. The molecule has 0 spiro atoms. The van der Waals surface area contributed by atoms with Crippen LogP contribution in [0.3, 0.4) is 0 Å². The summed E-state index contributed by atoms with van der Waals surface area (Å²) in [5.41, 5.74) is 4.80. The molecule has 0 bridgehead atoms. The first kappa shape index (κ1) is 22.6. The van der Waals surface area contributed by atoms with E-state index in [4.69, 9.17) is 0 Å². The predicted octanol–water partition coefficient (Wildman–Crippen LogP) is 5.88. The molecule has 30 heavy (non-hydrogen) atoms. The molecular formula is C24H24F2IrN3-. The van der Waals surface area contributed by atoms with E-state index in [1.165, 1.54) is 17.3 Å². The number of pyridine rings is 1. The van der Waals surface area contributed by atoms with E-state index < -0.39 is 11.9 Å². The fourth-order valence-corrected chi connectivity index (χ4v) is 4.33. The summed E-state index contributed by atoms with van der Waals surface area (Å²) in [5.74, 6) is -1.84. The number of hydrogen-bond donors (Lipinski definition) is 0. The quantitative estimate of drug-likeness (QED) is 0.279. The van der Waals surface area contributed by atoms with Gasteiger partial charge in [0.25, 0.3) is 0 Å². The molecule has 1 radical (unpaired) electrons. The third-order valence-corrected chi connectivity index (χ3v) is 7.38. The molecule has 0 fully saturated rings. The van der Waals surface area contributed by atoms with Crippen LogP contribution in [0.15, 0.2) is 36.5 Å². The molecule has 0 unspecified atom stereocenters. The van der Waals surface area contributed by atoms with Crippen molar-refractivity contribution in [2.45, 2.75) is 52.4 Å². The zero-order valence-electron chi connectivity index (χ0n) is 17.9. The first-order valence-corrected chi connectivity index (χ1v) is 9.69. The fraction of sp³-hybridized carbons (Fsp3) is 0.375. The van der Waals surface area contributed by atoms with Gasteiger partial charge in [0, 0.05) is 37.9 Å². The molecule has 0 atom stereocenters. The third-order valence-electron chi connectivity index (χ3n) is 7.38. The van der Waals surface area contributed by atoms with Crippen molar-refractivity contribution in [1.29, 1.82) is 0 Å². The summed E-state index contributed by atoms with van der Waals surface area (Å²) < 4.78 is 26.7. The third kappa shape index (κ3) is 3.21. The summed E-state index contributed by atoms with van der Waals surface area (Å²) in [6.45, 7) is 13.8. The van der Waals surface area contributed by atoms with Crippen LogP contribution in [-0.4, -0.2) is 15.0 Å². The zero-order valence-corrected chi connectivity index (χ0v) is 20.3. The summed E-state index contributed by atoms with van der Waals surface area (Å²) in [7, 11) is 0. The minimum Gasteiger partial charge on any atom is -0.304 e. The van der Waals surface area contributed by atoms with Crippen molar-refractivity contribution in [2.24, 2.45) is 5.41 Å². The molecule has 0 aliphatic heterocycles. The number of aromatic nitrogens is 3. The van der Waals surface area contributed by atoms with E-state index in [9.17, 15) is 8.78 Å². The number of fused-ring (bicyclic) bond motifs is 1. The average Bonchev–Trinajstić information content (AvgIpc) is 2.76. The monoisotopic (exact) mass is 585 g/mol. The minimum absolute atomic E-state index is 0. The summed E-state index contributed by atoms with van der Waals surface area (Å²) in [6.07, 6.45) is 1.53. The van der Waals surface area contributed by atoms with Crippen LogP contribution < -0.4 is 0 Å². The molecule has 0 N–H and O–H groups in total. The second kappa shape index (κ2) is 7.28. The normalized spacial score (nSPS) is 17.9. The van der Waals surface area contributed by atoms with Gasteiger partial charge in [-0.05, 0) is 21.9 Å². The van der Waals surface area contributed by atoms with E-state index in [1.54, 1.807) is 12.1 Å². The first-order valence-electron chi connectivity index (χ1n) is 9.69. The Morgan fingerprint density at radius 1 is 0.833 bits per heavy atom. The number of halogens is 2. The van der Waals surface area contributed by atoms with Gasteiger partial charge in [0.15, 0.2) is 5.82 Å².